The molecule has 9 aliphatic rings. The summed E-state index contributed by atoms with van der Waals surface area (Å²) < 4.78 is 49.1. The molecule has 0 aliphatic carbocycles. The summed E-state index contributed by atoms with van der Waals surface area (Å²) in [6.45, 7) is 1.03. The van der Waals surface area contributed by atoms with Gasteiger partial charge >= 0.3 is 17.8 Å². The molecule has 12 rings (SSSR count). The Bertz CT molecular complexity index is 2960. The number of rotatable bonds is 23. The molecular weight excluding hydrogens is 1190 g/mol. The van der Waals surface area contributed by atoms with Crippen molar-refractivity contribution in [2.75, 3.05) is 63.3 Å². The van der Waals surface area contributed by atoms with E-state index in [0.717, 1.165) is 15.6 Å². The number of fused-ring (bicyclic) bond motifs is 6. The number of carbonyl (C=O) groups is 7. The number of aromatic amines is 1. The van der Waals surface area contributed by atoms with E-state index in [4.69, 9.17) is 34.6 Å². The number of ether oxygens (including phenoxy) is 7. The van der Waals surface area contributed by atoms with Crippen LogP contribution in [0, 0.1) is 0 Å². The number of benzene rings is 2. The Kier molecular flexibility index (Phi) is 22.5. The number of H-pyrrole nitrogens is 1. The van der Waals surface area contributed by atoms with E-state index in [0.29, 0.717) is 34.6 Å². The van der Waals surface area contributed by atoms with Gasteiger partial charge in [-0.1, -0.05) is 76.2 Å². The van der Waals surface area contributed by atoms with Crippen LogP contribution >= 0.6 is 21.6 Å². The van der Waals surface area contributed by atoms with E-state index in [2.05, 4.69) is 31.6 Å². The second-order valence-electron chi connectivity index (χ2n) is 21.5. The van der Waals surface area contributed by atoms with Crippen molar-refractivity contribution in [3.05, 3.63) is 54.1 Å². The van der Waals surface area contributed by atoms with Crippen LogP contribution in [0.3, 0.4) is 0 Å². The minimum atomic E-state index is -1.76. The first-order valence-electron chi connectivity index (χ1n) is 29.1. The molecule has 2 aromatic carbocycles. The van der Waals surface area contributed by atoms with Crippen molar-refractivity contribution in [1.82, 2.24) is 41.6 Å². The Balaban J connectivity index is 0.681. The second-order valence-corrected chi connectivity index (χ2v) is 24.5. The predicted molar refractivity (Wildman–Crippen MR) is 304 cm³/mol. The van der Waals surface area contributed by atoms with Gasteiger partial charge in [-0.15, -0.1) is 5.10 Å². The molecule has 0 spiro atoms. The first-order valence-corrected chi connectivity index (χ1v) is 31.0. The first kappa shape index (κ1) is 64.0. The Morgan fingerprint density at radius 3 is 2.22 bits per heavy atom. The van der Waals surface area contributed by atoms with Crippen molar-refractivity contribution in [1.29, 1.82) is 0 Å². The third-order valence-electron chi connectivity index (χ3n) is 15.5. The van der Waals surface area contributed by atoms with Crippen molar-refractivity contribution in [2.45, 2.75) is 156 Å². The van der Waals surface area contributed by atoms with Crippen LogP contribution in [-0.2, 0) is 73.3 Å². The summed E-state index contributed by atoms with van der Waals surface area (Å²) in [4.78, 5) is 92.3. The maximum Gasteiger partial charge on any atom is 0.314 e. The van der Waals surface area contributed by atoms with E-state index in [1.807, 2.05) is 43.3 Å². The number of nitrogens with one attached hydrogen (secondary N) is 5. The van der Waals surface area contributed by atoms with Gasteiger partial charge in [0, 0.05) is 74.1 Å². The van der Waals surface area contributed by atoms with Gasteiger partial charge in [0.1, 0.15) is 85.6 Å². The SMILES string of the molecule is [3H]n1nnc2c1-c1ccccc1CN(C(=O)CCC(=O)NCCOCCC(=O)NC[C@H]1O[C@@H]3O[C@H]4[C@H](O)[C@@H](O)[C@H](OCCCO[C@H]1[C@H](O)[C@H]3O)O[C@@H]4CNC(=O)CCC(C)SSCCC(=O)OC[C@@H]1[C@@H](O)[C@H](O)[C@H](O)[C@H]3NC(=O)C(=O)N13)c1ccccc1-2. The number of anilines is 1. The topological polar surface area (TPSA) is 422 Å². The van der Waals surface area contributed by atoms with Crippen molar-refractivity contribution in [2.24, 2.45) is 0 Å². The van der Waals surface area contributed by atoms with Crippen LogP contribution in [-0.4, -0.2) is 253 Å². The molecule has 8 saturated heterocycles. The number of para-hydroxylation sites is 1. The molecule has 9 aliphatic heterocycles. The highest BCUT2D eigenvalue weighted by Crippen LogP contribution is 2.40. The van der Waals surface area contributed by atoms with Gasteiger partial charge in [0.2, 0.25) is 23.6 Å². The molecule has 0 saturated carbocycles. The fourth-order valence-corrected chi connectivity index (χ4v) is 13.1. The van der Waals surface area contributed by atoms with Crippen LogP contribution in [0.2, 0.25) is 1.41 Å². The summed E-state index contributed by atoms with van der Waals surface area (Å²) >= 11 is 0. The van der Waals surface area contributed by atoms with E-state index < -0.39 is 128 Å². The number of esters is 1. The lowest BCUT2D eigenvalue weighted by molar-refractivity contribution is -0.359. The average Bonchev–Trinajstić information content (AvgIpc) is 1.57. The quantitative estimate of drug-likeness (QED) is 0.0193. The van der Waals surface area contributed by atoms with Gasteiger partial charge in [0.05, 0.1) is 50.2 Å². The molecule has 4 bridgehead atoms. The molecule has 3 aromatic rings. The predicted octanol–water partition coefficient (Wildman–Crippen LogP) is -3.16. The molecule has 30 nitrogen and oxygen atoms in total. The summed E-state index contributed by atoms with van der Waals surface area (Å²) in [6.07, 6.45) is -20.9. The highest BCUT2D eigenvalue weighted by molar-refractivity contribution is 8.76. The number of aliphatic hydroxyl groups excluding tert-OH is 7. The summed E-state index contributed by atoms with van der Waals surface area (Å²) in [5.74, 6) is -4.05. The molecule has 1 aromatic heterocycles. The van der Waals surface area contributed by atoms with E-state index in [-0.39, 0.29) is 114 Å². The number of aromatic nitrogens is 3. The Morgan fingerprint density at radius 2 is 1.43 bits per heavy atom. The van der Waals surface area contributed by atoms with E-state index in [9.17, 15) is 69.3 Å². The Morgan fingerprint density at radius 1 is 0.747 bits per heavy atom. The molecule has 32 heteroatoms. The molecule has 0 radical (unpaired) electrons. The monoisotopic (exact) mass is 1260 g/mol. The highest BCUT2D eigenvalue weighted by Gasteiger charge is 2.56. The van der Waals surface area contributed by atoms with Crippen molar-refractivity contribution < 1.29 is 104 Å². The fourth-order valence-electron chi connectivity index (χ4n) is 10.8. The van der Waals surface area contributed by atoms with Gasteiger partial charge in [0.15, 0.2) is 14.0 Å². The van der Waals surface area contributed by atoms with Crippen LogP contribution in [0.4, 0.5) is 5.69 Å². The van der Waals surface area contributed by atoms with Gasteiger partial charge in [-0.3, -0.25) is 38.7 Å². The van der Waals surface area contributed by atoms with Crippen molar-refractivity contribution >= 4 is 68.7 Å². The summed E-state index contributed by atoms with van der Waals surface area (Å²) in [5.41, 5.74) is 3.65. The molecule has 12 N–H and O–H groups in total. The first-order chi connectivity index (χ1) is 42.3. The molecule has 476 valence electrons. The normalized spacial score (nSPS) is 30.0. The number of amides is 6. The summed E-state index contributed by atoms with van der Waals surface area (Å²) in [6, 6.07) is 13.3. The highest BCUT2D eigenvalue weighted by atomic mass is 33.1. The van der Waals surface area contributed by atoms with Gasteiger partial charge in [0.25, 0.3) is 0 Å². The largest absolute Gasteiger partial charge is 0.463 e. The van der Waals surface area contributed by atoms with Crippen molar-refractivity contribution in [3.63, 3.8) is 0 Å². The molecule has 1 unspecified atom stereocenters. The molecule has 16 atom stereocenters. The fraction of sp³-hybridized carbons (Fsp3) is 0.618. The zero-order valence-electron chi connectivity index (χ0n) is 48.3. The van der Waals surface area contributed by atoms with Gasteiger partial charge < -0.3 is 100.0 Å². The van der Waals surface area contributed by atoms with Gasteiger partial charge in [-0.25, -0.2) is 0 Å². The van der Waals surface area contributed by atoms with Crippen molar-refractivity contribution in [3.8, 4) is 22.5 Å². The molecule has 8 fully saturated rings. The number of aliphatic hydroxyl groups is 7. The standard InChI is InChI=1S/C55H73N9O21S2/c1-27(87-86-22-16-39(69)82-26-32-42(70)43(71)46(74)51-59-52(77)53(78)64(32)51)11-12-36(66)57-24-34-50-45(73)47(75)54(83-34)81-19-6-18-80-49-33(84-55(85-50)48(76)44(49)72)23-58-37(67)15-20-79-21-17-56-35(65)13-14-38(68)63-25-28-7-2-3-8-29(28)40-41(61-62-60-40)30-9-4-5-10-31(30)63/h2-5,7-10,27,32-34,42-51,54-55,70-76H,6,11-26H2,1H3,(H,56,65)(H,57,66)(H,58,67)(H,59,77)(H,60,61,62)/t27?,32-,33-,34-,42-,43+,44-,45-,46+,47-,48-,49-,50-,51+,54-,55-/m1/s1/i/hT. The zero-order chi connectivity index (χ0) is 62.8. The van der Waals surface area contributed by atoms with Crippen LogP contribution < -0.4 is 26.2 Å². The maximum atomic E-state index is 13.8. The Labute approximate surface area is 507 Å². The number of hydrogen-bond acceptors (Lipinski definition) is 25. The number of nitrogens with zero attached hydrogens (tertiary/aromatic N) is 4. The minimum Gasteiger partial charge on any atom is -0.463 e. The van der Waals surface area contributed by atoms with Crippen LogP contribution in [0.25, 0.3) is 22.5 Å². The van der Waals surface area contributed by atoms with E-state index in [1.165, 1.54) is 21.6 Å². The average molecular weight is 1260 g/mol. The maximum absolute atomic E-state index is 13.8. The minimum absolute atomic E-state index is 0.0376. The van der Waals surface area contributed by atoms with Crippen LogP contribution in [0.15, 0.2) is 48.5 Å². The van der Waals surface area contributed by atoms with Gasteiger partial charge in [-0.2, -0.15) is 0 Å². The lowest BCUT2D eigenvalue weighted by Gasteiger charge is -2.47. The zero-order valence-corrected chi connectivity index (χ0v) is 48.9. The van der Waals surface area contributed by atoms with Gasteiger partial charge in [-0.05, 0) is 24.5 Å². The lowest BCUT2D eigenvalue weighted by Crippen LogP contribution is -2.68. The number of piperidine rings is 1. The Hall–Kier alpha value is -5.95. The summed E-state index contributed by atoms with van der Waals surface area (Å²) in [5, 5.41) is 95.5. The molecule has 6 amide bonds. The third kappa shape index (κ3) is 15.9. The third-order valence-corrected chi connectivity index (χ3v) is 18.5. The molecular formula is C55H73N9O21S2. The number of carbonyl (C=O) groups excluding carboxylic acids is 7. The summed E-state index contributed by atoms with van der Waals surface area (Å²) in [7, 11) is 2.73. The van der Waals surface area contributed by atoms with Crippen LogP contribution in [0.5, 0.6) is 0 Å². The lowest BCUT2D eigenvalue weighted by atomic mass is 9.92. The second kappa shape index (κ2) is 30.5. The number of hydrogen-bond donors (Lipinski definition) is 12. The van der Waals surface area contributed by atoms with E-state index in [1.54, 1.807) is 17.0 Å². The van der Waals surface area contributed by atoms with Crippen LogP contribution in [0.1, 0.15) is 57.4 Å². The molecule has 10 heterocycles. The molecule has 87 heavy (non-hydrogen) atoms. The van der Waals surface area contributed by atoms with E-state index >= 15 is 0 Å². The smallest absolute Gasteiger partial charge is 0.314 e.